The van der Waals surface area contributed by atoms with E-state index in [0.717, 1.165) is 6.42 Å². The third-order valence-corrected chi connectivity index (χ3v) is 6.31. The summed E-state index contributed by atoms with van der Waals surface area (Å²) < 4.78 is 0. The second-order valence-electron chi connectivity index (χ2n) is 6.82. The highest BCUT2D eigenvalue weighted by Gasteiger charge is 2.21. The molecule has 0 saturated carbocycles. The fraction of sp³-hybridized carbons (Fsp3) is 0.217. The molecule has 0 spiro atoms. The molecule has 0 amide bonds. The van der Waals surface area contributed by atoms with Gasteiger partial charge in [-0.1, -0.05) is 54.1 Å². The molecule has 0 aliphatic heterocycles. The zero-order valence-corrected chi connectivity index (χ0v) is 14.5. The van der Waals surface area contributed by atoms with Crippen LogP contribution < -0.4 is 0 Å². The van der Waals surface area contributed by atoms with Gasteiger partial charge in [0.1, 0.15) is 0 Å². The van der Waals surface area contributed by atoms with Crippen molar-refractivity contribution in [2.24, 2.45) is 0 Å². The van der Waals surface area contributed by atoms with E-state index < -0.39 is 0 Å². The van der Waals surface area contributed by atoms with Crippen molar-refractivity contribution in [3.8, 4) is 0 Å². The molecule has 0 saturated heterocycles. The van der Waals surface area contributed by atoms with Gasteiger partial charge in [0.05, 0.1) is 0 Å². The van der Waals surface area contributed by atoms with Gasteiger partial charge in [-0.25, -0.2) is 0 Å². The monoisotopic (exact) mass is 328 g/mol. The van der Waals surface area contributed by atoms with Gasteiger partial charge in [0.25, 0.3) is 0 Å². The minimum atomic E-state index is 1.05. The van der Waals surface area contributed by atoms with Crippen molar-refractivity contribution in [2.45, 2.75) is 32.1 Å². The van der Waals surface area contributed by atoms with Gasteiger partial charge < -0.3 is 0 Å². The Kier molecular flexibility index (Phi) is 3.41. The Labute approximate surface area is 147 Å². The summed E-state index contributed by atoms with van der Waals surface area (Å²) in [6.45, 7) is 0. The maximum atomic E-state index is 2.37. The molecule has 0 radical (unpaired) electrons. The lowest BCUT2D eigenvalue weighted by Crippen LogP contribution is -2.08. The highest BCUT2D eigenvalue weighted by atomic mass is 32.1. The van der Waals surface area contributed by atoms with E-state index in [4.69, 9.17) is 0 Å². The van der Waals surface area contributed by atoms with Crippen LogP contribution in [0.3, 0.4) is 0 Å². The van der Waals surface area contributed by atoms with E-state index in [0.29, 0.717) is 0 Å². The summed E-state index contributed by atoms with van der Waals surface area (Å²) in [5.74, 6) is 0. The third-order valence-electron chi connectivity index (χ3n) is 5.43. The number of hydrogen-bond acceptors (Lipinski definition) is 1. The van der Waals surface area contributed by atoms with Crippen LogP contribution in [-0.4, -0.2) is 0 Å². The van der Waals surface area contributed by atoms with Crippen LogP contribution in [0.15, 0.2) is 65.6 Å². The van der Waals surface area contributed by atoms with Gasteiger partial charge in [0.2, 0.25) is 0 Å². The molecule has 1 heteroatoms. The Morgan fingerprint density at radius 1 is 0.917 bits per heavy atom. The summed E-state index contributed by atoms with van der Waals surface area (Å²) in [5, 5.41) is 5.08. The molecule has 3 aromatic rings. The number of aryl methyl sites for hydroxylation is 1. The summed E-state index contributed by atoms with van der Waals surface area (Å²) in [5.41, 5.74) is 7.72. The first-order valence-corrected chi connectivity index (χ1v) is 9.73. The molecule has 0 unspecified atom stereocenters. The topological polar surface area (TPSA) is 0 Å². The van der Waals surface area contributed by atoms with E-state index in [1.807, 2.05) is 11.3 Å². The van der Waals surface area contributed by atoms with E-state index in [9.17, 15) is 0 Å². The van der Waals surface area contributed by atoms with Crippen LogP contribution in [0.1, 0.15) is 40.8 Å². The Balaban J connectivity index is 1.73. The van der Waals surface area contributed by atoms with Crippen molar-refractivity contribution in [1.82, 2.24) is 0 Å². The first-order chi connectivity index (χ1) is 11.9. The molecule has 0 nitrogen and oxygen atoms in total. The van der Waals surface area contributed by atoms with Crippen LogP contribution in [0.4, 0.5) is 0 Å². The summed E-state index contributed by atoms with van der Waals surface area (Å²) in [6, 6.07) is 15.9. The lowest BCUT2D eigenvalue weighted by molar-refractivity contribution is 0.830. The number of hydrogen-bond donors (Lipinski definition) is 0. The molecule has 0 atom stereocenters. The molecule has 1 heterocycles. The van der Waals surface area contributed by atoms with Gasteiger partial charge in [-0.15, -0.1) is 11.3 Å². The fourth-order valence-electron chi connectivity index (χ4n) is 4.32. The van der Waals surface area contributed by atoms with Crippen molar-refractivity contribution in [3.05, 3.63) is 87.1 Å². The van der Waals surface area contributed by atoms with Crippen molar-refractivity contribution in [2.75, 3.05) is 0 Å². The van der Waals surface area contributed by atoms with E-state index in [-0.39, 0.29) is 0 Å². The first-order valence-electron chi connectivity index (χ1n) is 8.85. The molecule has 2 aromatic carbocycles. The van der Waals surface area contributed by atoms with Gasteiger partial charge in [-0.2, -0.15) is 0 Å². The van der Waals surface area contributed by atoms with E-state index in [1.54, 1.807) is 11.1 Å². The second-order valence-corrected chi connectivity index (χ2v) is 7.85. The number of allylic oxidation sites excluding steroid dienone is 4. The quantitative estimate of drug-likeness (QED) is 0.501. The van der Waals surface area contributed by atoms with Gasteiger partial charge in [-0.3, -0.25) is 0 Å². The van der Waals surface area contributed by atoms with Crippen molar-refractivity contribution >= 4 is 27.7 Å². The minimum Gasteiger partial charge on any atom is -0.149 e. The van der Waals surface area contributed by atoms with Gasteiger partial charge in [-0.05, 0) is 70.2 Å². The molecule has 0 N–H and O–H groups in total. The van der Waals surface area contributed by atoms with Crippen LogP contribution in [0.2, 0.25) is 0 Å². The fourth-order valence-corrected chi connectivity index (χ4v) is 5.05. The van der Waals surface area contributed by atoms with Crippen LogP contribution in [0, 0.1) is 0 Å². The smallest absolute Gasteiger partial charge is 0.00892 e. The molecule has 0 fully saturated rings. The normalized spacial score (nSPS) is 16.3. The molecule has 1 aromatic heterocycles. The van der Waals surface area contributed by atoms with Crippen molar-refractivity contribution < 1.29 is 0 Å². The Morgan fingerprint density at radius 2 is 1.92 bits per heavy atom. The molecular weight excluding hydrogens is 308 g/mol. The predicted molar refractivity (Wildman–Crippen MR) is 105 cm³/mol. The molecule has 24 heavy (non-hydrogen) atoms. The SMILES string of the molecule is C1=CC2=C(CC1)CCc1c2ccc2cccc(Cc3cccs3)c12. The predicted octanol–water partition coefficient (Wildman–Crippen LogP) is 6.54. The summed E-state index contributed by atoms with van der Waals surface area (Å²) in [7, 11) is 0. The maximum Gasteiger partial charge on any atom is 0.00892 e. The number of fused-ring (bicyclic) bond motifs is 4. The minimum absolute atomic E-state index is 1.05. The largest absolute Gasteiger partial charge is 0.149 e. The van der Waals surface area contributed by atoms with E-state index in [1.165, 1.54) is 58.0 Å². The molecular formula is C23H20S. The van der Waals surface area contributed by atoms with Gasteiger partial charge in [0, 0.05) is 11.3 Å². The van der Waals surface area contributed by atoms with Crippen LogP contribution in [0.5, 0.6) is 0 Å². The maximum absolute atomic E-state index is 2.37. The first kappa shape index (κ1) is 14.2. The van der Waals surface area contributed by atoms with Crippen LogP contribution in [0.25, 0.3) is 16.3 Å². The third kappa shape index (κ3) is 2.27. The van der Waals surface area contributed by atoms with Crippen LogP contribution >= 0.6 is 11.3 Å². The van der Waals surface area contributed by atoms with Crippen molar-refractivity contribution in [1.29, 1.82) is 0 Å². The summed E-state index contributed by atoms with van der Waals surface area (Å²) in [4.78, 5) is 1.45. The Bertz CT molecular complexity index is 971. The zero-order valence-electron chi connectivity index (χ0n) is 13.7. The molecule has 0 bridgehead atoms. The van der Waals surface area contributed by atoms with Crippen LogP contribution in [-0.2, 0) is 12.8 Å². The Hall–Kier alpha value is -2.12. The number of thiophene rings is 1. The van der Waals surface area contributed by atoms with Crippen molar-refractivity contribution in [3.63, 3.8) is 0 Å². The zero-order chi connectivity index (χ0) is 15.9. The standard InChI is InChI=1S/C23H20S/c1-2-9-20-16(5-1)10-13-22-21(20)12-11-17-6-3-7-18(23(17)22)15-19-8-4-14-24-19/h2-4,6-9,11-12,14H,1,5,10,13,15H2. The Morgan fingerprint density at radius 3 is 2.83 bits per heavy atom. The number of benzene rings is 2. The average molecular weight is 328 g/mol. The lowest BCUT2D eigenvalue weighted by atomic mass is 9.78. The molecule has 118 valence electrons. The van der Waals surface area contributed by atoms with E-state index in [2.05, 4.69) is 60.0 Å². The summed E-state index contributed by atoms with van der Waals surface area (Å²) in [6.07, 6.45) is 10.7. The lowest BCUT2D eigenvalue weighted by Gasteiger charge is -2.26. The average Bonchev–Trinajstić information content (AvgIpc) is 3.14. The van der Waals surface area contributed by atoms with Gasteiger partial charge in [0.15, 0.2) is 0 Å². The van der Waals surface area contributed by atoms with E-state index >= 15 is 0 Å². The van der Waals surface area contributed by atoms with Gasteiger partial charge >= 0.3 is 0 Å². The molecule has 2 aliphatic carbocycles. The number of rotatable bonds is 2. The highest BCUT2D eigenvalue weighted by molar-refractivity contribution is 7.09. The second kappa shape index (κ2) is 5.75. The summed E-state index contributed by atoms with van der Waals surface area (Å²) >= 11 is 1.86. The molecule has 2 aliphatic rings. The highest BCUT2D eigenvalue weighted by Crippen LogP contribution is 2.41. The molecule has 5 rings (SSSR count).